The molecule has 0 radical (unpaired) electrons. The molecule has 0 amide bonds. The molecule has 0 aromatic heterocycles. The SMILES string of the molecule is CC1=C[PH+](c2ccccc2)c2ccccc2N1c1ccccc1. The van der Waals surface area contributed by atoms with Crippen LogP contribution in [0.25, 0.3) is 0 Å². The quantitative estimate of drug-likeness (QED) is 0.610. The Morgan fingerprint density at radius 2 is 1.30 bits per heavy atom. The van der Waals surface area contributed by atoms with E-state index in [1.165, 1.54) is 27.7 Å². The Balaban J connectivity index is 1.88. The van der Waals surface area contributed by atoms with Crippen molar-refractivity contribution in [2.45, 2.75) is 6.92 Å². The highest BCUT2D eigenvalue weighted by molar-refractivity contribution is 7.76. The van der Waals surface area contributed by atoms with Gasteiger partial charge in [-0.25, -0.2) is 0 Å². The van der Waals surface area contributed by atoms with Crippen molar-refractivity contribution in [3.63, 3.8) is 0 Å². The second-order valence-electron chi connectivity index (χ2n) is 5.75. The highest BCUT2D eigenvalue weighted by Crippen LogP contribution is 2.46. The molecule has 0 aliphatic carbocycles. The lowest BCUT2D eigenvalue weighted by molar-refractivity contribution is 1.16. The zero-order chi connectivity index (χ0) is 15.6. The summed E-state index contributed by atoms with van der Waals surface area (Å²) in [7, 11) is -0.874. The molecule has 0 spiro atoms. The minimum atomic E-state index is -0.874. The molecule has 4 rings (SSSR count). The summed E-state index contributed by atoms with van der Waals surface area (Å²) in [5.74, 6) is 2.47. The smallest absolute Gasteiger partial charge is 0.125 e. The minimum absolute atomic E-state index is 0.874. The van der Waals surface area contributed by atoms with Crippen molar-refractivity contribution in [3.8, 4) is 0 Å². The Kier molecular flexibility index (Phi) is 3.73. The van der Waals surface area contributed by atoms with E-state index in [2.05, 4.69) is 103 Å². The van der Waals surface area contributed by atoms with E-state index in [9.17, 15) is 0 Å². The molecule has 0 N–H and O–H groups in total. The third-order valence-electron chi connectivity index (χ3n) is 4.24. The zero-order valence-electron chi connectivity index (χ0n) is 13.1. The normalized spacial score (nSPS) is 16.7. The van der Waals surface area contributed by atoms with Crippen LogP contribution in [-0.2, 0) is 0 Å². The molecule has 1 heterocycles. The lowest BCUT2D eigenvalue weighted by Gasteiger charge is -2.30. The van der Waals surface area contributed by atoms with E-state index in [1.807, 2.05) is 0 Å². The predicted octanol–water partition coefficient (Wildman–Crippen LogP) is 4.86. The van der Waals surface area contributed by atoms with Crippen LogP contribution in [0.4, 0.5) is 11.4 Å². The van der Waals surface area contributed by atoms with Crippen LogP contribution in [0.3, 0.4) is 0 Å². The van der Waals surface area contributed by atoms with Gasteiger partial charge >= 0.3 is 0 Å². The van der Waals surface area contributed by atoms with E-state index in [0.717, 1.165) is 0 Å². The van der Waals surface area contributed by atoms with Crippen molar-refractivity contribution in [1.82, 2.24) is 0 Å². The molecule has 0 saturated heterocycles. The maximum Gasteiger partial charge on any atom is 0.125 e. The number of hydrogen-bond acceptors (Lipinski definition) is 1. The first kappa shape index (κ1) is 14.2. The van der Waals surface area contributed by atoms with Gasteiger partial charge in [-0.1, -0.05) is 48.5 Å². The lowest BCUT2D eigenvalue weighted by atomic mass is 10.2. The van der Waals surface area contributed by atoms with E-state index in [0.29, 0.717) is 0 Å². The van der Waals surface area contributed by atoms with Crippen molar-refractivity contribution < 1.29 is 0 Å². The lowest BCUT2D eigenvalue weighted by Crippen LogP contribution is -2.26. The largest absolute Gasteiger partial charge is 0.308 e. The van der Waals surface area contributed by atoms with Gasteiger partial charge in [0.2, 0.25) is 0 Å². The molecular weight excluding hydrogens is 297 g/mol. The van der Waals surface area contributed by atoms with Gasteiger partial charge in [-0.05, 0) is 43.3 Å². The molecular formula is C21H19NP+. The molecule has 3 aromatic rings. The Morgan fingerprint density at radius 3 is 2.04 bits per heavy atom. The van der Waals surface area contributed by atoms with Crippen molar-refractivity contribution in [2.75, 3.05) is 4.90 Å². The average molecular weight is 316 g/mol. The standard InChI is InChI=1S/C21H18NP/c1-17-16-23(19-12-6-3-7-13-19)21-15-9-8-14-20(21)22(17)18-10-4-2-5-11-18/h2-16H,1H3/p+1. The van der Waals surface area contributed by atoms with Crippen LogP contribution < -0.4 is 15.5 Å². The summed E-state index contributed by atoms with van der Waals surface area (Å²) >= 11 is 0. The van der Waals surface area contributed by atoms with E-state index >= 15 is 0 Å². The van der Waals surface area contributed by atoms with Crippen LogP contribution in [0, 0.1) is 0 Å². The molecule has 0 fully saturated rings. The van der Waals surface area contributed by atoms with Gasteiger partial charge in [0.05, 0.1) is 25.1 Å². The third kappa shape index (κ3) is 2.58. The van der Waals surface area contributed by atoms with E-state index in [1.54, 1.807) is 0 Å². The first-order valence-corrected chi connectivity index (χ1v) is 9.47. The van der Waals surface area contributed by atoms with Crippen LogP contribution in [0.1, 0.15) is 6.92 Å². The van der Waals surface area contributed by atoms with Crippen molar-refractivity contribution in [1.29, 1.82) is 0 Å². The Labute approximate surface area is 138 Å². The Morgan fingerprint density at radius 1 is 0.696 bits per heavy atom. The first-order chi connectivity index (χ1) is 11.3. The molecule has 1 unspecified atom stereocenters. The summed E-state index contributed by atoms with van der Waals surface area (Å²) in [6, 6.07) is 30.3. The predicted molar refractivity (Wildman–Crippen MR) is 103 cm³/mol. The fourth-order valence-corrected chi connectivity index (χ4v) is 5.69. The van der Waals surface area contributed by atoms with Crippen molar-refractivity contribution >= 4 is 29.9 Å². The number of anilines is 2. The monoisotopic (exact) mass is 316 g/mol. The number of fused-ring (bicyclic) bond motifs is 1. The van der Waals surface area contributed by atoms with Crippen LogP contribution in [0.2, 0.25) is 0 Å². The molecule has 1 aliphatic rings. The number of para-hydroxylation sites is 2. The van der Waals surface area contributed by atoms with Gasteiger partial charge in [0.1, 0.15) is 10.6 Å². The number of allylic oxidation sites excluding steroid dienone is 1. The number of benzene rings is 3. The molecule has 0 bridgehead atoms. The zero-order valence-corrected chi connectivity index (χ0v) is 14.1. The van der Waals surface area contributed by atoms with E-state index in [-0.39, 0.29) is 0 Å². The molecule has 0 saturated carbocycles. The van der Waals surface area contributed by atoms with Gasteiger partial charge in [-0.2, -0.15) is 0 Å². The molecule has 1 atom stereocenters. The second kappa shape index (κ2) is 6.02. The van der Waals surface area contributed by atoms with Gasteiger partial charge in [-0.3, -0.25) is 0 Å². The molecule has 1 nitrogen and oxygen atoms in total. The Bertz CT molecular complexity index is 840. The maximum absolute atomic E-state index is 2.47. The average Bonchev–Trinajstić information content (AvgIpc) is 2.62. The van der Waals surface area contributed by atoms with E-state index in [4.69, 9.17) is 0 Å². The summed E-state index contributed by atoms with van der Waals surface area (Å²) in [6.07, 6.45) is 0. The van der Waals surface area contributed by atoms with Crippen LogP contribution in [0.15, 0.2) is 96.4 Å². The van der Waals surface area contributed by atoms with Crippen LogP contribution in [-0.4, -0.2) is 0 Å². The van der Waals surface area contributed by atoms with Crippen LogP contribution in [0.5, 0.6) is 0 Å². The molecule has 2 heteroatoms. The maximum atomic E-state index is 2.47. The van der Waals surface area contributed by atoms with Crippen molar-refractivity contribution in [3.05, 3.63) is 96.4 Å². The van der Waals surface area contributed by atoms with Gasteiger partial charge in [0.15, 0.2) is 0 Å². The highest BCUT2D eigenvalue weighted by atomic mass is 31.1. The number of nitrogens with zero attached hydrogens (tertiary/aromatic N) is 1. The summed E-state index contributed by atoms with van der Waals surface area (Å²) < 4.78 is 0. The fraction of sp³-hybridized carbons (Fsp3) is 0.0476. The van der Waals surface area contributed by atoms with Crippen LogP contribution >= 0.6 is 7.92 Å². The number of hydrogen-bond donors (Lipinski definition) is 0. The van der Waals surface area contributed by atoms with E-state index < -0.39 is 7.92 Å². The third-order valence-corrected chi connectivity index (χ3v) is 6.91. The Hall–Kier alpha value is -2.37. The fourth-order valence-electron chi connectivity index (χ4n) is 3.21. The highest BCUT2D eigenvalue weighted by Gasteiger charge is 2.32. The van der Waals surface area contributed by atoms with Gasteiger partial charge < -0.3 is 4.90 Å². The topological polar surface area (TPSA) is 3.24 Å². The molecule has 112 valence electrons. The summed E-state index contributed by atoms with van der Waals surface area (Å²) in [5, 5.41) is 2.90. The summed E-state index contributed by atoms with van der Waals surface area (Å²) in [4.78, 5) is 2.37. The van der Waals surface area contributed by atoms with Gasteiger partial charge in [0.25, 0.3) is 0 Å². The summed E-state index contributed by atoms with van der Waals surface area (Å²) in [5.41, 5.74) is 3.85. The minimum Gasteiger partial charge on any atom is -0.308 e. The number of rotatable bonds is 2. The van der Waals surface area contributed by atoms with Gasteiger partial charge in [0, 0.05) is 5.69 Å². The molecule has 3 aromatic carbocycles. The van der Waals surface area contributed by atoms with Crippen molar-refractivity contribution in [2.24, 2.45) is 0 Å². The van der Waals surface area contributed by atoms with Gasteiger partial charge in [-0.15, -0.1) is 0 Å². The summed E-state index contributed by atoms with van der Waals surface area (Å²) in [6.45, 7) is 2.22. The molecule has 1 aliphatic heterocycles. The first-order valence-electron chi connectivity index (χ1n) is 7.90. The molecule has 23 heavy (non-hydrogen) atoms. The second-order valence-corrected chi connectivity index (χ2v) is 7.99.